The number of hydrogen-bond donors (Lipinski definition) is 1. The summed E-state index contributed by atoms with van der Waals surface area (Å²) in [6, 6.07) is 1.53. The van der Waals surface area contributed by atoms with Crippen molar-refractivity contribution in [2.75, 3.05) is 4.72 Å². The molecule has 1 aliphatic carbocycles. The van der Waals surface area contributed by atoms with Crippen molar-refractivity contribution in [1.82, 2.24) is 5.16 Å². The maximum absolute atomic E-state index is 13.9. The van der Waals surface area contributed by atoms with Crippen molar-refractivity contribution >= 4 is 15.7 Å². The summed E-state index contributed by atoms with van der Waals surface area (Å²) in [6.07, 6.45) is 1.77. The largest absolute Gasteiger partial charge is 0.359 e. The van der Waals surface area contributed by atoms with Crippen molar-refractivity contribution in [2.24, 2.45) is 0 Å². The van der Waals surface area contributed by atoms with E-state index in [0.29, 0.717) is 17.5 Å². The van der Waals surface area contributed by atoms with Crippen LogP contribution in [-0.2, 0) is 10.0 Å². The van der Waals surface area contributed by atoms with Gasteiger partial charge in [-0.3, -0.25) is 4.72 Å². The Bertz CT molecular complexity index is 842. The molecule has 0 bridgehead atoms. The smallest absolute Gasteiger partial charge is 0.265 e. The van der Waals surface area contributed by atoms with Crippen LogP contribution in [0.2, 0.25) is 0 Å². The fraction of sp³-hybridized carbons (Fsp3) is 0.357. The maximum atomic E-state index is 13.9. The fourth-order valence-electron chi connectivity index (χ4n) is 2.16. The van der Waals surface area contributed by atoms with Gasteiger partial charge in [-0.05, 0) is 44.4 Å². The maximum Gasteiger partial charge on any atom is 0.265 e. The Morgan fingerprint density at radius 3 is 2.55 bits per heavy atom. The molecule has 0 aliphatic heterocycles. The van der Waals surface area contributed by atoms with Crippen molar-refractivity contribution < 1.29 is 21.7 Å². The highest BCUT2D eigenvalue weighted by Crippen LogP contribution is 2.44. The van der Waals surface area contributed by atoms with Crippen LogP contribution in [0, 0.1) is 25.5 Å². The Labute approximate surface area is 126 Å². The summed E-state index contributed by atoms with van der Waals surface area (Å²) in [4.78, 5) is -0.738. The second kappa shape index (κ2) is 5.05. The number of sulfonamides is 1. The number of hydrogen-bond acceptors (Lipinski definition) is 4. The van der Waals surface area contributed by atoms with Gasteiger partial charge in [-0.25, -0.2) is 17.2 Å². The zero-order valence-electron chi connectivity index (χ0n) is 12.0. The molecule has 0 unspecified atom stereocenters. The van der Waals surface area contributed by atoms with Crippen molar-refractivity contribution in [3.63, 3.8) is 0 Å². The fourth-order valence-corrected chi connectivity index (χ4v) is 3.36. The Balaban J connectivity index is 2.01. The number of anilines is 1. The lowest BCUT2D eigenvalue weighted by atomic mass is 10.2. The van der Waals surface area contributed by atoms with Crippen LogP contribution >= 0.6 is 0 Å². The second-order valence-corrected chi connectivity index (χ2v) is 7.07. The molecule has 1 heterocycles. The van der Waals surface area contributed by atoms with Gasteiger partial charge in [-0.2, -0.15) is 0 Å². The highest BCUT2D eigenvalue weighted by molar-refractivity contribution is 7.92. The Hall–Kier alpha value is -1.96. The number of benzene rings is 1. The Kier molecular flexibility index (Phi) is 3.43. The number of nitrogens with one attached hydrogen (secondary N) is 1. The Morgan fingerprint density at radius 2 is 1.91 bits per heavy atom. The quantitative estimate of drug-likeness (QED) is 0.935. The van der Waals surface area contributed by atoms with Crippen LogP contribution in [0.25, 0.3) is 0 Å². The van der Waals surface area contributed by atoms with E-state index in [9.17, 15) is 17.2 Å². The molecule has 3 rings (SSSR count). The van der Waals surface area contributed by atoms with Crippen molar-refractivity contribution in [3.05, 3.63) is 40.8 Å². The van der Waals surface area contributed by atoms with Gasteiger partial charge in [0.05, 0.1) is 0 Å². The lowest BCUT2D eigenvalue weighted by Gasteiger charge is -2.10. The molecule has 5 nitrogen and oxygen atoms in total. The van der Waals surface area contributed by atoms with Crippen LogP contribution in [0.4, 0.5) is 14.5 Å². The van der Waals surface area contributed by atoms with Crippen molar-refractivity contribution in [2.45, 2.75) is 37.5 Å². The molecule has 1 aromatic heterocycles. The van der Waals surface area contributed by atoms with Crippen LogP contribution in [0.15, 0.2) is 21.6 Å². The minimum atomic E-state index is -4.27. The molecular weight excluding hydrogens is 314 g/mol. The summed E-state index contributed by atoms with van der Waals surface area (Å²) in [5.74, 6) is -1.23. The molecule has 118 valence electrons. The summed E-state index contributed by atoms with van der Waals surface area (Å²) in [5, 5.41) is 3.74. The monoisotopic (exact) mass is 328 g/mol. The number of rotatable bonds is 4. The van der Waals surface area contributed by atoms with Crippen molar-refractivity contribution in [3.8, 4) is 0 Å². The van der Waals surface area contributed by atoms with Crippen LogP contribution in [0.3, 0.4) is 0 Å². The molecule has 1 fully saturated rings. The van der Waals surface area contributed by atoms with Gasteiger partial charge in [0.25, 0.3) is 10.0 Å². The third kappa shape index (κ3) is 2.58. The zero-order valence-corrected chi connectivity index (χ0v) is 12.8. The molecule has 22 heavy (non-hydrogen) atoms. The average molecular weight is 328 g/mol. The molecule has 0 atom stereocenters. The summed E-state index contributed by atoms with van der Waals surface area (Å²) in [5.41, 5.74) is 0.609. The van der Waals surface area contributed by atoms with Gasteiger partial charge in [-0.15, -0.1) is 0 Å². The van der Waals surface area contributed by atoms with Gasteiger partial charge in [0.15, 0.2) is 5.76 Å². The lowest BCUT2D eigenvalue weighted by Crippen LogP contribution is -2.16. The molecule has 0 amide bonds. The van der Waals surface area contributed by atoms with Crippen LogP contribution in [0.1, 0.15) is 35.8 Å². The average Bonchev–Trinajstić information content (AvgIpc) is 3.21. The topological polar surface area (TPSA) is 72.2 Å². The SMILES string of the molecule is Cc1cc(F)c(S(=O)(=O)Nc2c(C)noc2C2CC2)cc1F. The van der Waals surface area contributed by atoms with E-state index in [-0.39, 0.29) is 17.2 Å². The predicted molar refractivity (Wildman–Crippen MR) is 75.1 cm³/mol. The molecule has 0 spiro atoms. The van der Waals surface area contributed by atoms with Crippen LogP contribution in [-0.4, -0.2) is 13.6 Å². The molecule has 0 saturated heterocycles. The first-order chi connectivity index (χ1) is 10.3. The molecule has 1 saturated carbocycles. The predicted octanol–water partition coefficient (Wildman–Crippen LogP) is 3.25. The van der Waals surface area contributed by atoms with E-state index in [0.717, 1.165) is 18.9 Å². The number of aryl methyl sites for hydroxylation is 2. The summed E-state index contributed by atoms with van der Waals surface area (Å²) in [6.45, 7) is 2.94. The standard InChI is InChI=1S/C14H14F2N2O3S/c1-7-5-11(16)12(6-10(7)15)22(19,20)18-13-8(2)17-21-14(13)9-3-4-9/h5-6,9,18H,3-4H2,1-2H3. The highest BCUT2D eigenvalue weighted by atomic mass is 32.2. The van der Waals surface area contributed by atoms with E-state index in [2.05, 4.69) is 9.88 Å². The summed E-state index contributed by atoms with van der Waals surface area (Å²) in [7, 11) is -4.27. The molecule has 8 heteroatoms. The first-order valence-electron chi connectivity index (χ1n) is 6.74. The Morgan fingerprint density at radius 1 is 1.23 bits per heavy atom. The first kappa shape index (κ1) is 15.0. The number of halogens is 2. The van der Waals surface area contributed by atoms with E-state index < -0.39 is 26.6 Å². The van der Waals surface area contributed by atoms with Gasteiger partial charge >= 0.3 is 0 Å². The molecular formula is C14H14F2N2O3S. The van der Waals surface area contributed by atoms with Crippen molar-refractivity contribution in [1.29, 1.82) is 0 Å². The summed E-state index contributed by atoms with van der Waals surface area (Å²) >= 11 is 0. The van der Waals surface area contributed by atoms with Crippen LogP contribution in [0.5, 0.6) is 0 Å². The second-order valence-electron chi connectivity index (χ2n) is 5.42. The normalized spacial score (nSPS) is 15.1. The highest BCUT2D eigenvalue weighted by Gasteiger charge is 2.34. The van der Waals surface area contributed by atoms with Gasteiger partial charge in [0.2, 0.25) is 0 Å². The minimum Gasteiger partial charge on any atom is -0.359 e. The van der Waals surface area contributed by atoms with E-state index in [4.69, 9.17) is 4.52 Å². The van der Waals surface area contributed by atoms with Gasteiger partial charge in [0.1, 0.15) is 27.9 Å². The minimum absolute atomic E-state index is 0.0382. The number of nitrogens with zero attached hydrogens (tertiary/aromatic N) is 1. The van der Waals surface area contributed by atoms with Gasteiger partial charge in [0, 0.05) is 5.92 Å². The van der Waals surface area contributed by atoms with E-state index in [1.165, 1.54) is 6.92 Å². The third-order valence-corrected chi connectivity index (χ3v) is 4.94. The molecule has 1 N–H and O–H groups in total. The van der Waals surface area contributed by atoms with E-state index in [1.807, 2.05) is 0 Å². The van der Waals surface area contributed by atoms with Gasteiger partial charge < -0.3 is 4.52 Å². The molecule has 0 radical (unpaired) electrons. The van der Waals surface area contributed by atoms with E-state index in [1.54, 1.807) is 6.92 Å². The molecule has 1 aliphatic rings. The van der Waals surface area contributed by atoms with Gasteiger partial charge in [-0.1, -0.05) is 5.16 Å². The van der Waals surface area contributed by atoms with E-state index >= 15 is 0 Å². The summed E-state index contributed by atoms with van der Waals surface area (Å²) < 4.78 is 59.6. The first-order valence-corrected chi connectivity index (χ1v) is 8.22. The molecule has 2 aromatic rings. The lowest BCUT2D eigenvalue weighted by molar-refractivity contribution is 0.381. The third-order valence-electron chi connectivity index (χ3n) is 3.58. The molecule has 1 aromatic carbocycles. The number of aromatic nitrogens is 1. The van der Waals surface area contributed by atoms with Crippen LogP contribution < -0.4 is 4.72 Å². The zero-order chi connectivity index (χ0) is 16.1.